The average Bonchev–Trinajstić information content (AvgIpc) is 3.07. The summed E-state index contributed by atoms with van der Waals surface area (Å²) in [4.78, 5) is 54.3. The van der Waals surface area contributed by atoms with E-state index in [0.717, 1.165) is 16.7 Å². The van der Waals surface area contributed by atoms with E-state index in [1.165, 1.54) is 0 Å². The molecule has 0 radical (unpaired) electrons. The summed E-state index contributed by atoms with van der Waals surface area (Å²) in [5, 5.41) is 16.1. The third-order valence-corrected chi connectivity index (χ3v) is 8.13. The molecule has 0 saturated carbocycles. The molecule has 11 nitrogen and oxygen atoms in total. The number of amides is 4. The van der Waals surface area contributed by atoms with Crippen molar-refractivity contribution in [3.05, 3.63) is 127 Å². The SMILES string of the molecule is C=CCN1CC(=O)N2[C@@H](Cc3ccc(O)cc3)C(=O)N(Cc3ccnc(-c4ccccc4)n3)C[C@@H]2N1C(=O)NCc1ccccc1. The van der Waals surface area contributed by atoms with Crippen LogP contribution in [-0.4, -0.2) is 84.6 Å². The van der Waals surface area contributed by atoms with Crippen molar-refractivity contribution in [1.29, 1.82) is 0 Å². The van der Waals surface area contributed by atoms with Crippen LogP contribution in [0.5, 0.6) is 5.75 Å². The second kappa shape index (κ2) is 13.6. The summed E-state index contributed by atoms with van der Waals surface area (Å²) in [6.45, 7) is 4.54. The first-order valence-corrected chi connectivity index (χ1v) is 15.1. The summed E-state index contributed by atoms with van der Waals surface area (Å²) in [6.07, 6.45) is 2.73. The molecule has 0 bridgehead atoms. The van der Waals surface area contributed by atoms with Gasteiger partial charge in [-0.2, -0.15) is 0 Å². The topological polar surface area (TPSA) is 122 Å². The highest BCUT2D eigenvalue weighted by Crippen LogP contribution is 2.29. The van der Waals surface area contributed by atoms with E-state index in [1.807, 2.05) is 60.7 Å². The Balaban J connectivity index is 1.34. The monoisotopic (exact) mass is 617 g/mol. The van der Waals surface area contributed by atoms with Crippen molar-refractivity contribution < 1.29 is 19.5 Å². The molecular formula is C35H35N7O4. The number of piperazine rings is 1. The Morgan fingerprint density at radius 2 is 1.67 bits per heavy atom. The summed E-state index contributed by atoms with van der Waals surface area (Å²) in [5.74, 6) is 0.131. The fraction of sp³-hybridized carbons (Fsp3) is 0.229. The highest BCUT2D eigenvalue weighted by Gasteiger charge is 2.51. The summed E-state index contributed by atoms with van der Waals surface area (Å²) in [7, 11) is 0. The lowest BCUT2D eigenvalue weighted by molar-refractivity contribution is -0.189. The van der Waals surface area contributed by atoms with E-state index in [4.69, 9.17) is 4.98 Å². The van der Waals surface area contributed by atoms with Crippen LogP contribution in [0.1, 0.15) is 16.8 Å². The first-order valence-electron chi connectivity index (χ1n) is 15.1. The number of phenolic OH excluding ortho intramolecular Hbond substituents is 1. The van der Waals surface area contributed by atoms with E-state index < -0.39 is 12.2 Å². The van der Waals surface area contributed by atoms with Crippen LogP contribution in [-0.2, 0) is 29.1 Å². The van der Waals surface area contributed by atoms with E-state index in [1.54, 1.807) is 62.4 Å². The number of phenols is 1. The minimum absolute atomic E-state index is 0.0771. The lowest BCUT2D eigenvalue weighted by atomic mass is 9.98. The molecule has 2 fully saturated rings. The normalized spacial score (nSPS) is 18.3. The van der Waals surface area contributed by atoms with Gasteiger partial charge in [0.1, 0.15) is 18.0 Å². The maximum atomic E-state index is 14.2. The Morgan fingerprint density at radius 3 is 2.39 bits per heavy atom. The van der Waals surface area contributed by atoms with E-state index in [-0.39, 0.29) is 56.2 Å². The minimum atomic E-state index is -0.887. The molecule has 3 heterocycles. The number of benzene rings is 3. The molecule has 2 N–H and O–H groups in total. The smallest absolute Gasteiger partial charge is 0.334 e. The van der Waals surface area contributed by atoms with E-state index in [9.17, 15) is 19.5 Å². The molecule has 3 aromatic carbocycles. The standard InChI is InChI=1S/C35H35N7O4/c1-2-19-40-24-32(44)41-30(20-25-13-15-29(43)16-14-25)34(45)39(22-28-17-18-36-33(38-28)27-11-7-4-8-12-27)23-31(41)42(40)35(46)37-21-26-9-5-3-6-10-26/h2-18,30-31,43H,1,19-24H2,(H,37,46)/t30-,31-/m0/s1. The predicted octanol–water partition coefficient (Wildman–Crippen LogP) is 3.59. The molecule has 46 heavy (non-hydrogen) atoms. The molecule has 234 valence electrons. The van der Waals surface area contributed by atoms with Gasteiger partial charge in [0, 0.05) is 31.3 Å². The minimum Gasteiger partial charge on any atom is -0.508 e. The third kappa shape index (κ3) is 6.59. The Labute approximate surface area is 267 Å². The van der Waals surface area contributed by atoms with Gasteiger partial charge < -0.3 is 20.2 Å². The Morgan fingerprint density at radius 1 is 0.957 bits per heavy atom. The fourth-order valence-electron chi connectivity index (χ4n) is 5.96. The van der Waals surface area contributed by atoms with Crippen LogP contribution in [0.2, 0.25) is 0 Å². The van der Waals surface area contributed by atoms with Crippen LogP contribution >= 0.6 is 0 Å². The zero-order chi connectivity index (χ0) is 32.0. The van der Waals surface area contributed by atoms with Crippen molar-refractivity contribution in [3.63, 3.8) is 0 Å². The molecule has 0 unspecified atom stereocenters. The summed E-state index contributed by atoms with van der Waals surface area (Å²) in [6, 6.07) is 26.2. The second-order valence-electron chi connectivity index (χ2n) is 11.2. The Kier molecular flexibility index (Phi) is 9.02. The number of fused-ring (bicyclic) bond motifs is 1. The number of carbonyl (C=O) groups excluding carboxylic acids is 3. The number of carbonyl (C=O) groups is 3. The van der Waals surface area contributed by atoms with Gasteiger partial charge in [0.15, 0.2) is 5.82 Å². The van der Waals surface area contributed by atoms with Crippen molar-refractivity contribution in [2.45, 2.75) is 31.7 Å². The number of hydrazine groups is 1. The lowest BCUT2D eigenvalue weighted by Gasteiger charge is -2.55. The zero-order valence-electron chi connectivity index (χ0n) is 25.3. The van der Waals surface area contributed by atoms with Crippen LogP contribution in [0, 0.1) is 0 Å². The number of rotatable bonds is 9. The molecule has 6 rings (SSSR count). The summed E-state index contributed by atoms with van der Waals surface area (Å²) >= 11 is 0. The van der Waals surface area contributed by atoms with Crippen LogP contribution in [0.4, 0.5) is 4.79 Å². The molecule has 2 atom stereocenters. The fourth-order valence-corrected chi connectivity index (χ4v) is 5.96. The number of aromatic nitrogens is 2. The first kappa shape index (κ1) is 30.5. The molecule has 0 aliphatic carbocycles. The van der Waals surface area contributed by atoms with Gasteiger partial charge in [0.25, 0.3) is 0 Å². The van der Waals surface area contributed by atoms with Crippen LogP contribution < -0.4 is 5.32 Å². The number of nitrogens with one attached hydrogen (secondary N) is 1. The molecule has 11 heteroatoms. The van der Waals surface area contributed by atoms with Crippen LogP contribution in [0.25, 0.3) is 11.4 Å². The van der Waals surface area contributed by atoms with Crippen molar-refractivity contribution in [2.24, 2.45) is 0 Å². The zero-order valence-corrected chi connectivity index (χ0v) is 25.3. The molecule has 2 aliphatic heterocycles. The summed E-state index contributed by atoms with van der Waals surface area (Å²) < 4.78 is 0. The lowest BCUT2D eigenvalue weighted by Crippen LogP contribution is -2.76. The Bertz CT molecular complexity index is 1700. The number of urea groups is 1. The summed E-state index contributed by atoms with van der Waals surface area (Å²) in [5.41, 5.74) is 3.18. The van der Waals surface area contributed by atoms with Gasteiger partial charge in [-0.3, -0.25) is 9.59 Å². The van der Waals surface area contributed by atoms with E-state index in [2.05, 4.69) is 16.9 Å². The first-order chi connectivity index (χ1) is 22.4. The molecule has 0 spiro atoms. The molecule has 2 saturated heterocycles. The number of hydrogen-bond donors (Lipinski definition) is 2. The molecular weight excluding hydrogens is 582 g/mol. The molecule has 1 aromatic heterocycles. The van der Waals surface area contributed by atoms with Crippen molar-refractivity contribution in [2.75, 3.05) is 19.6 Å². The van der Waals surface area contributed by atoms with Gasteiger partial charge >= 0.3 is 6.03 Å². The van der Waals surface area contributed by atoms with E-state index >= 15 is 0 Å². The quantitative estimate of drug-likeness (QED) is 0.275. The van der Waals surface area contributed by atoms with Gasteiger partial charge in [-0.15, -0.1) is 6.58 Å². The van der Waals surface area contributed by atoms with Gasteiger partial charge in [0.2, 0.25) is 11.8 Å². The number of aromatic hydroxyl groups is 1. The van der Waals surface area contributed by atoms with Crippen molar-refractivity contribution in [3.8, 4) is 17.1 Å². The predicted molar refractivity (Wildman–Crippen MR) is 171 cm³/mol. The van der Waals surface area contributed by atoms with Gasteiger partial charge in [-0.05, 0) is 29.3 Å². The molecule has 4 aromatic rings. The van der Waals surface area contributed by atoms with Gasteiger partial charge in [-0.1, -0.05) is 78.9 Å². The van der Waals surface area contributed by atoms with Gasteiger partial charge in [0.05, 0.1) is 25.3 Å². The van der Waals surface area contributed by atoms with Gasteiger partial charge in [-0.25, -0.2) is 24.8 Å². The maximum absolute atomic E-state index is 14.2. The molecule has 4 amide bonds. The molecule has 2 aliphatic rings. The second-order valence-corrected chi connectivity index (χ2v) is 11.2. The van der Waals surface area contributed by atoms with E-state index in [0.29, 0.717) is 18.1 Å². The highest BCUT2D eigenvalue weighted by molar-refractivity contribution is 5.91. The van der Waals surface area contributed by atoms with Crippen LogP contribution in [0.3, 0.4) is 0 Å². The maximum Gasteiger partial charge on any atom is 0.334 e. The number of hydrogen-bond acceptors (Lipinski definition) is 7. The Hall–Kier alpha value is -5.55. The average molecular weight is 618 g/mol. The van der Waals surface area contributed by atoms with Crippen LogP contribution in [0.15, 0.2) is 110 Å². The van der Waals surface area contributed by atoms with Crippen molar-refractivity contribution >= 4 is 17.8 Å². The number of nitrogens with zero attached hydrogens (tertiary/aromatic N) is 6. The van der Waals surface area contributed by atoms with Crippen molar-refractivity contribution in [1.82, 2.24) is 35.1 Å². The third-order valence-electron chi connectivity index (χ3n) is 8.13. The highest BCUT2D eigenvalue weighted by atomic mass is 16.3. The largest absolute Gasteiger partial charge is 0.508 e.